The van der Waals surface area contributed by atoms with E-state index in [2.05, 4.69) is 11.1 Å². The molecule has 0 amide bonds. The van der Waals surface area contributed by atoms with Gasteiger partial charge in [-0.25, -0.2) is 0 Å². The molecule has 0 aliphatic carbocycles. The van der Waals surface area contributed by atoms with Crippen LogP contribution in [0.3, 0.4) is 0 Å². The summed E-state index contributed by atoms with van der Waals surface area (Å²) in [4.78, 5) is 3.94. The first kappa shape index (κ1) is 13.6. The molecule has 0 bridgehead atoms. The zero-order chi connectivity index (χ0) is 14.5. The fourth-order valence-corrected chi connectivity index (χ4v) is 1.93. The molecule has 1 aromatic heterocycles. The van der Waals surface area contributed by atoms with Crippen LogP contribution < -0.4 is 10.5 Å². The predicted octanol–water partition coefficient (Wildman–Crippen LogP) is 2.75. The number of ether oxygens (including phenoxy) is 1. The highest BCUT2D eigenvalue weighted by Gasteiger charge is 2.10. The van der Waals surface area contributed by atoms with Gasteiger partial charge in [0.25, 0.3) is 0 Å². The SMILES string of the molecule is COc1cc(/C(N)=C(/C#N)c2ccncc2)ccc1C. The van der Waals surface area contributed by atoms with Crippen molar-refractivity contribution < 1.29 is 4.74 Å². The van der Waals surface area contributed by atoms with E-state index >= 15 is 0 Å². The summed E-state index contributed by atoms with van der Waals surface area (Å²) >= 11 is 0. The van der Waals surface area contributed by atoms with Crippen LogP contribution in [0, 0.1) is 18.3 Å². The molecule has 0 aliphatic heterocycles. The molecule has 0 atom stereocenters. The molecule has 0 radical (unpaired) electrons. The lowest BCUT2D eigenvalue weighted by Crippen LogP contribution is -2.01. The molecular weight excluding hydrogens is 250 g/mol. The minimum Gasteiger partial charge on any atom is -0.496 e. The Morgan fingerprint density at radius 1 is 1.20 bits per heavy atom. The summed E-state index contributed by atoms with van der Waals surface area (Å²) in [6.07, 6.45) is 3.27. The van der Waals surface area contributed by atoms with Gasteiger partial charge in [-0.15, -0.1) is 0 Å². The highest BCUT2D eigenvalue weighted by Crippen LogP contribution is 2.26. The zero-order valence-electron chi connectivity index (χ0n) is 11.4. The Labute approximate surface area is 118 Å². The molecule has 1 heterocycles. The van der Waals surface area contributed by atoms with Crippen LogP contribution in [0.4, 0.5) is 0 Å². The second-order valence-electron chi connectivity index (χ2n) is 4.32. The maximum Gasteiger partial charge on any atom is 0.122 e. The molecule has 0 unspecified atom stereocenters. The topological polar surface area (TPSA) is 71.9 Å². The van der Waals surface area contributed by atoms with Crippen LogP contribution in [0.1, 0.15) is 16.7 Å². The fraction of sp³-hybridized carbons (Fsp3) is 0.125. The molecule has 100 valence electrons. The number of aromatic nitrogens is 1. The van der Waals surface area contributed by atoms with Crippen molar-refractivity contribution in [2.75, 3.05) is 7.11 Å². The number of nitriles is 1. The summed E-state index contributed by atoms with van der Waals surface area (Å²) in [5, 5.41) is 9.35. The smallest absolute Gasteiger partial charge is 0.122 e. The van der Waals surface area contributed by atoms with Gasteiger partial charge in [0, 0.05) is 18.0 Å². The van der Waals surface area contributed by atoms with Crippen LogP contribution in [-0.4, -0.2) is 12.1 Å². The molecule has 0 saturated heterocycles. The first-order valence-electron chi connectivity index (χ1n) is 6.12. The Morgan fingerprint density at radius 2 is 1.90 bits per heavy atom. The molecule has 0 aliphatic rings. The van der Waals surface area contributed by atoms with E-state index in [1.807, 2.05) is 25.1 Å². The third kappa shape index (κ3) is 2.62. The van der Waals surface area contributed by atoms with Gasteiger partial charge < -0.3 is 10.5 Å². The van der Waals surface area contributed by atoms with Gasteiger partial charge >= 0.3 is 0 Å². The second-order valence-corrected chi connectivity index (χ2v) is 4.32. The van der Waals surface area contributed by atoms with Gasteiger partial charge in [0.1, 0.15) is 11.8 Å². The van der Waals surface area contributed by atoms with Crippen molar-refractivity contribution in [1.82, 2.24) is 4.98 Å². The van der Waals surface area contributed by atoms with E-state index in [1.54, 1.807) is 31.6 Å². The van der Waals surface area contributed by atoms with Gasteiger partial charge in [-0.1, -0.05) is 12.1 Å². The minimum absolute atomic E-state index is 0.428. The number of nitrogens with zero attached hydrogens (tertiary/aromatic N) is 2. The molecule has 2 rings (SSSR count). The minimum atomic E-state index is 0.428. The first-order chi connectivity index (χ1) is 9.67. The second kappa shape index (κ2) is 5.89. The Hall–Kier alpha value is -2.80. The normalized spacial score (nSPS) is 11.4. The van der Waals surface area contributed by atoms with Crippen molar-refractivity contribution in [1.29, 1.82) is 5.26 Å². The maximum atomic E-state index is 9.35. The molecule has 0 saturated carbocycles. The van der Waals surface area contributed by atoms with E-state index in [9.17, 15) is 5.26 Å². The average molecular weight is 265 g/mol. The Balaban J connectivity index is 2.55. The largest absolute Gasteiger partial charge is 0.496 e. The third-order valence-corrected chi connectivity index (χ3v) is 3.07. The number of methoxy groups -OCH3 is 1. The van der Waals surface area contributed by atoms with Gasteiger partial charge in [-0.2, -0.15) is 5.26 Å². The lowest BCUT2D eigenvalue weighted by Gasteiger charge is -2.10. The van der Waals surface area contributed by atoms with Crippen molar-refractivity contribution >= 4 is 11.3 Å². The van der Waals surface area contributed by atoms with E-state index in [1.165, 1.54) is 0 Å². The molecule has 4 nitrogen and oxygen atoms in total. The molecule has 2 N–H and O–H groups in total. The Kier molecular flexibility index (Phi) is 4.02. The molecule has 4 heteroatoms. The number of allylic oxidation sites excluding steroid dienone is 1. The highest BCUT2D eigenvalue weighted by molar-refractivity contribution is 5.96. The summed E-state index contributed by atoms with van der Waals surface area (Å²) in [5.41, 5.74) is 9.53. The van der Waals surface area contributed by atoms with Gasteiger partial charge in [-0.3, -0.25) is 4.98 Å². The maximum absolute atomic E-state index is 9.35. The number of hydrogen-bond donors (Lipinski definition) is 1. The van der Waals surface area contributed by atoms with Gasteiger partial charge in [0.05, 0.1) is 18.4 Å². The van der Waals surface area contributed by atoms with Crippen LogP contribution in [-0.2, 0) is 0 Å². The highest BCUT2D eigenvalue weighted by atomic mass is 16.5. The van der Waals surface area contributed by atoms with E-state index in [-0.39, 0.29) is 0 Å². The molecule has 2 aromatic rings. The fourth-order valence-electron chi connectivity index (χ4n) is 1.93. The van der Waals surface area contributed by atoms with Crippen molar-refractivity contribution in [3.8, 4) is 11.8 Å². The zero-order valence-corrected chi connectivity index (χ0v) is 11.4. The standard InChI is InChI=1S/C16H15N3O/c1-11-3-4-13(9-15(11)20-2)16(18)14(10-17)12-5-7-19-8-6-12/h3-9H,18H2,1-2H3/b16-14+. The Bertz CT molecular complexity index is 685. The number of pyridine rings is 1. The van der Waals surface area contributed by atoms with Crippen LogP contribution in [0.25, 0.3) is 11.3 Å². The molecule has 0 fully saturated rings. The van der Waals surface area contributed by atoms with E-state index < -0.39 is 0 Å². The summed E-state index contributed by atoms with van der Waals surface area (Å²) < 4.78 is 5.28. The van der Waals surface area contributed by atoms with Crippen molar-refractivity contribution in [2.24, 2.45) is 5.73 Å². The van der Waals surface area contributed by atoms with E-state index in [4.69, 9.17) is 10.5 Å². The number of aryl methyl sites for hydroxylation is 1. The molecular formula is C16H15N3O. The van der Waals surface area contributed by atoms with Crippen LogP contribution in [0.5, 0.6) is 5.75 Å². The average Bonchev–Trinajstić information content (AvgIpc) is 2.49. The van der Waals surface area contributed by atoms with Crippen LogP contribution >= 0.6 is 0 Å². The Morgan fingerprint density at radius 3 is 2.50 bits per heavy atom. The number of benzene rings is 1. The summed E-state index contributed by atoms with van der Waals surface area (Å²) in [6, 6.07) is 11.3. The van der Waals surface area contributed by atoms with Crippen molar-refractivity contribution in [2.45, 2.75) is 6.92 Å². The van der Waals surface area contributed by atoms with Gasteiger partial charge in [0.2, 0.25) is 0 Å². The predicted molar refractivity (Wildman–Crippen MR) is 78.6 cm³/mol. The quantitative estimate of drug-likeness (QED) is 0.866. The lowest BCUT2D eigenvalue weighted by atomic mass is 10.0. The summed E-state index contributed by atoms with van der Waals surface area (Å²) in [7, 11) is 1.61. The number of rotatable bonds is 3. The van der Waals surface area contributed by atoms with E-state index in [0.717, 1.165) is 22.4 Å². The lowest BCUT2D eigenvalue weighted by molar-refractivity contribution is 0.411. The van der Waals surface area contributed by atoms with Crippen molar-refractivity contribution in [3.63, 3.8) is 0 Å². The van der Waals surface area contributed by atoms with Gasteiger partial charge in [-0.05, 0) is 36.2 Å². The number of hydrogen-bond acceptors (Lipinski definition) is 4. The monoisotopic (exact) mass is 265 g/mol. The van der Waals surface area contributed by atoms with Gasteiger partial charge in [0.15, 0.2) is 0 Å². The summed E-state index contributed by atoms with van der Waals surface area (Å²) in [5.74, 6) is 0.748. The van der Waals surface area contributed by atoms with E-state index in [0.29, 0.717) is 11.3 Å². The molecule has 0 spiro atoms. The van der Waals surface area contributed by atoms with Crippen LogP contribution in [0.2, 0.25) is 0 Å². The molecule has 1 aromatic carbocycles. The first-order valence-corrected chi connectivity index (χ1v) is 6.12. The number of nitrogens with two attached hydrogens (primary N) is 1. The van der Waals surface area contributed by atoms with Crippen LogP contribution in [0.15, 0.2) is 42.7 Å². The molecule has 20 heavy (non-hydrogen) atoms. The third-order valence-electron chi connectivity index (χ3n) is 3.07. The summed E-state index contributed by atoms with van der Waals surface area (Å²) in [6.45, 7) is 1.95. The van der Waals surface area contributed by atoms with Crippen molar-refractivity contribution in [3.05, 3.63) is 59.4 Å².